The third-order valence-corrected chi connectivity index (χ3v) is 2.10. The molecule has 0 bridgehead atoms. The van der Waals surface area contributed by atoms with Crippen molar-refractivity contribution in [3.05, 3.63) is 0 Å². The molecule has 0 aromatic heterocycles. The van der Waals surface area contributed by atoms with E-state index in [1.165, 1.54) is 6.42 Å². The van der Waals surface area contributed by atoms with E-state index in [1.807, 2.05) is 4.30 Å². The van der Waals surface area contributed by atoms with Gasteiger partial charge < -0.3 is 9.56 Å². The average Bonchev–Trinajstić information content (AvgIpc) is 1.69. The van der Waals surface area contributed by atoms with Crippen molar-refractivity contribution in [3.8, 4) is 0 Å². The largest absolute Gasteiger partial charge is 0.534 e. The Morgan fingerprint density at radius 3 is 2.57 bits per heavy atom. The highest BCUT2D eigenvalue weighted by Gasteiger charge is 2.06. The molecule has 0 saturated carbocycles. The lowest BCUT2D eigenvalue weighted by molar-refractivity contribution is -0.734. The molecule has 1 aliphatic rings. The van der Waals surface area contributed by atoms with Crippen molar-refractivity contribution in [2.24, 2.45) is 0 Å². The second kappa shape index (κ2) is 2.61. The molecule has 42 valence electrons. The minimum atomic E-state index is 0.470. The van der Waals surface area contributed by atoms with Crippen LogP contribution in [0.4, 0.5) is 0 Å². The van der Waals surface area contributed by atoms with E-state index in [-0.39, 0.29) is 0 Å². The summed E-state index contributed by atoms with van der Waals surface area (Å²) in [4.78, 5) is 0. The van der Waals surface area contributed by atoms with E-state index < -0.39 is 0 Å². The predicted molar refractivity (Wildman–Crippen MR) is 28.4 cm³/mol. The van der Waals surface area contributed by atoms with Crippen molar-refractivity contribution in [2.45, 2.75) is 12.8 Å². The first kappa shape index (κ1) is 5.49. The lowest BCUT2D eigenvalue weighted by Gasteiger charge is -2.22. The van der Waals surface area contributed by atoms with Gasteiger partial charge in [0.2, 0.25) is 0 Å². The van der Waals surface area contributed by atoms with Crippen LogP contribution >= 0.6 is 8.81 Å². The Labute approximate surface area is 45.0 Å². The summed E-state index contributed by atoms with van der Waals surface area (Å²) in [5.41, 5.74) is 0. The molecule has 0 radical (unpaired) electrons. The molecule has 1 rings (SSSR count). The van der Waals surface area contributed by atoms with Gasteiger partial charge >= 0.3 is 0 Å². The van der Waals surface area contributed by atoms with E-state index in [2.05, 4.69) is 0 Å². The second-order valence-corrected chi connectivity index (χ2v) is 2.90. The third-order valence-electron chi connectivity index (χ3n) is 1.02. The van der Waals surface area contributed by atoms with Crippen LogP contribution in [0.2, 0.25) is 0 Å². The Kier molecular flexibility index (Phi) is 2.04. The Morgan fingerprint density at radius 2 is 2.29 bits per heavy atom. The zero-order valence-electron chi connectivity index (χ0n) is 4.14. The maximum Gasteiger partial charge on any atom is 0.195 e. The normalized spacial score (nSPS) is 28.7. The van der Waals surface area contributed by atoms with Crippen molar-refractivity contribution >= 4 is 8.81 Å². The summed E-state index contributed by atoms with van der Waals surface area (Å²) >= 11 is 0. The first-order valence-electron chi connectivity index (χ1n) is 2.51. The van der Waals surface area contributed by atoms with Crippen molar-refractivity contribution in [1.82, 2.24) is 0 Å². The van der Waals surface area contributed by atoms with Crippen molar-refractivity contribution in [2.75, 3.05) is 12.8 Å². The summed E-state index contributed by atoms with van der Waals surface area (Å²) < 4.78 is 1.85. The van der Waals surface area contributed by atoms with Crippen LogP contribution in [0.15, 0.2) is 0 Å². The number of hydrogen-bond donors (Lipinski definition) is 0. The van der Waals surface area contributed by atoms with Gasteiger partial charge in [-0.2, -0.15) is 0 Å². The van der Waals surface area contributed by atoms with Crippen LogP contribution in [-0.2, 0) is 4.30 Å². The quantitative estimate of drug-likeness (QED) is 0.255. The molecule has 0 N–H and O–H groups in total. The third kappa shape index (κ3) is 1.72. The van der Waals surface area contributed by atoms with E-state index in [0.717, 1.165) is 12.6 Å². The molecule has 7 heavy (non-hydrogen) atoms. The Balaban J connectivity index is 2.12. The lowest BCUT2D eigenvalue weighted by Crippen LogP contribution is -2.22. The van der Waals surface area contributed by atoms with Crippen molar-refractivity contribution < 1.29 is 9.56 Å². The van der Waals surface area contributed by atoms with Crippen LogP contribution in [0, 0.1) is 0 Å². The SMILES string of the molecule is [O-][O+]1CCCCP1. The van der Waals surface area contributed by atoms with Crippen LogP contribution in [0.1, 0.15) is 12.8 Å². The molecule has 1 aliphatic heterocycles. The summed E-state index contributed by atoms with van der Waals surface area (Å²) in [6.07, 6.45) is 3.40. The molecule has 3 heteroatoms. The van der Waals surface area contributed by atoms with Gasteiger partial charge in [0.25, 0.3) is 0 Å². The van der Waals surface area contributed by atoms with Crippen LogP contribution in [-0.4, -0.2) is 12.8 Å². The first-order chi connectivity index (χ1) is 3.39. The molecule has 0 amide bonds. The summed E-state index contributed by atoms with van der Waals surface area (Å²) in [5, 5.41) is 10.3. The molecule has 0 aliphatic carbocycles. The zero-order chi connectivity index (χ0) is 5.11. The molecule has 1 atom stereocenters. The van der Waals surface area contributed by atoms with Gasteiger partial charge in [-0.15, -0.1) is 0 Å². The average molecular weight is 120 g/mol. The van der Waals surface area contributed by atoms with Crippen molar-refractivity contribution in [1.29, 1.82) is 0 Å². The van der Waals surface area contributed by atoms with E-state index in [4.69, 9.17) is 0 Å². The topological polar surface area (TPSA) is 25.8 Å². The predicted octanol–water partition coefficient (Wildman–Crippen LogP) is 0.201. The van der Waals surface area contributed by atoms with E-state index >= 15 is 0 Å². The summed E-state index contributed by atoms with van der Waals surface area (Å²) in [6.45, 7) is 0.693. The Hall–Kier alpha value is 0.350. The van der Waals surface area contributed by atoms with Gasteiger partial charge in [0.05, 0.1) is 0 Å². The van der Waals surface area contributed by atoms with E-state index in [0.29, 0.717) is 15.4 Å². The molecular formula is C4H9O2P. The summed E-state index contributed by atoms with van der Waals surface area (Å²) in [5.74, 6) is 0. The van der Waals surface area contributed by atoms with E-state index in [9.17, 15) is 5.26 Å². The minimum Gasteiger partial charge on any atom is -0.534 e. The van der Waals surface area contributed by atoms with Crippen LogP contribution in [0.25, 0.3) is 0 Å². The van der Waals surface area contributed by atoms with Gasteiger partial charge in [-0.3, -0.25) is 0 Å². The number of hydrogen-bond acceptors (Lipinski definition) is 1. The monoisotopic (exact) mass is 120 g/mol. The highest BCUT2D eigenvalue weighted by molar-refractivity contribution is 7.32. The lowest BCUT2D eigenvalue weighted by atomic mass is 10.4. The fourth-order valence-corrected chi connectivity index (χ4v) is 1.53. The first-order valence-corrected chi connectivity index (χ1v) is 3.63. The summed E-state index contributed by atoms with van der Waals surface area (Å²) in [6, 6.07) is 0. The van der Waals surface area contributed by atoms with Crippen LogP contribution in [0.5, 0.6) is 0 Å². The molecule has 1 fully saturated rings. The smallest absolute Gasteiger partial charge is 0.195 e. The zero-order valence-corrected chi connectivity index (χ0v) is 5.14. The maximum atomic E-state index is 10.3. The molecule has 0 aromatic carbocycles. The van der Waals surface area contributed by atoms with Gasteiger partial charge in [0.15, 0.2) is 15.4 Å². The molecule has 1 heterocycles. The van der Waals surface area contributed by atoms with Crippen LogP contribution in [0.3, 0.4) is 0 Å². The van der Waals surface area contributed by atoms with Gasteiger partial charge in [-0.05, 0) is 6.42 Å². The molecule has 1 unspecified atom stereocenters. The van der Waals surface area contributed by atoms with Crippen LogP contribution < -0.4 is 5.26 Å². The van der Waals surface area contributed by atoms with Gasteiger partial charge in [-0.25, -0.2) is 0 Å². The Bertz CT molecular complexity index is 51.7. The van der Waals surface area contributed by atoms with Crippen molar-refractivity contribution in [3.63, 3.8) is 0 Å². The number of rotatable bonds is 0. The molecule has 1 saturated heterocycles. The molecule has 0 spiro atoms. The van der Waals surface area contributed by atoms with Gasteiger partial charge in [0, 0.05) is 12.6 Å². The summed E-state index contributed by atoms with van der Waals surface area (Å²) in [7, 11) is 0.470. The maximum absolute atomic E-state index is 10.3. The van der Waals surface area contributed by atoms with Gasteiger partial charge in [-0.1, -0.05) is 0 Å². The fourth-order valence-electron chi connectivity index (χ4n) is 0.616. The Morgan fingerprint density at radius 1 is 1.43 bits per heavy atom. The fraction of sp³-hybridized carbons (Fsp3) is 1.00. The standard InChI is InChI=1S/C4H9O2P/c5-6-3-1-2-4-7-6/h7H,1-4H2. The molecule has 2 nitrogen and oxygen atoms in total. The highest BCUT2D eigenvalue weighted by atomic mass is 31.1. The second-order valence-electron chi connectivity index (χ2n) is 1.65. The minimum absolute atomic E-state index is 0.470. The molecule has 0 aromatic rings. The van der Waals surface area contributed by atoms with Gasteiger partial charge in [0.1, 0.15) is 0 Å². The van der Waals surface area contributed by atoms with E-state index in [1.54, 1.807) is 0 Å². The molecular weight excluding hydrogens is 111 g/mol. The highest BCUT2D eigenvalue weighted by Crippen LogP contribution is 2.24.